The van der Waals surface area contributed by atoms with Crippen LogP contribution in [0.2, 0.25) is 0 Å². The summed E-state index contributed by atoms with van der Waals surface area (Å²) >= 11 is 3.27. The standard InChI is InChI=1S/C19H23N5OS2/c1-12-6-8-23(9-7-12)15(25)10-26-19-22-21-17-16-13-4-2-3-5-14(13)27-18(16)20-11-24(17)19/h11-12H,2-10H2,1H3. The van der Waals surface area contributed by atoms with Crippen LogP contribution < -0.4 is 0 Å². The summed E-state index contributed by atoms with van der Waals surface area (Å²) in [7, 11) is 0. The van der Waals surface area contributed by atoms with Crippen LogP contribution in [0.3, 0.4) is 0 Å². The highest BCUT2D eigenvalue weighted by Crippen LogP contribution is 2.37. The molecule has 2 aliphatic rings. The number of aromatic nitrogens is 4. The molecule has 0 N–H and O–H groups in total. The molecule has 1 aliphatic carbocycles. The SMILES string of the molecule is CC1CCN(C(=O)CSc2nnc3c4c5c(sc4ncn23)CCCC5)CC1. The number of likely N-dealkylation sites (tertiary alicyclic amines) is 1. The van der Waals surface area contributed by atoms with Crippen LogP contribution in [-0.2, 0) is 17.6 Å². The van der Waals surface area contributed by atoms with E-state index >= 15 is 0 Å². The molecule has 4 heterocycles. The largest absolute Gasteiger partial charge is 0.342 e. The molecule has 1 aliphatic heterocycles. The number of piperidine rings is 1. The number of nitrogens with zero attached hydrogens (tertiary/aromatic N) is 5. The van der Waals surface area contributed by atoms with Crippen molar-refractivity contribution in [1.29, 1.82) is 0 Å². The zero-order chi connectivity index (χ0) is 18.4. The van der Waals surface area contributed by atoms with E-state index in [1.54, 1.807) is 11.3 Å². The number of thiophene rings is 1. The maximum Gasteiger partial charge on any atom is 0.233 e. The van der Waals surface area contributed by atoms with Gasteiger partial charge in [-0.1, -0.05) is 18.7 Å². The molecule has 0 saturated carbocycles. The first-order valence-electron chi connectivity index (χ1n) is 9.75. The van der Waals surface area contributed by atoms with Crippen molar-refractivity contribution >= 4 is 44.9 Å². The van der Waals surface area contributed by atoms with Gasteiger partial charge < -0.3 is 4.90 Å². The molecule has 0 bridgehead atoms. The Balaban J connectivity index is 1.39. The number of amides is 1. The van der Waals surface area contributed by atoms with Crippen LogP contribution in [0.1, 0.15) is 43.0 Å². The van der Waals surface area contributed by atoms with Crippen molar-refractivity contribution < 1.29 is 4.79 Å². The predicted octanol–water partition coefficient (Wildman–Crippen LogP) is 3.57. The van der Waals surface area contributed by atoms with E-state index < -0.39 is 0 Å². The molecule has 0 atom stereocenters. The van der Waals surface area contributed by atoms with Crippen LogP contribution >= 0.6 is 23.1 Å². The molecule has 3 aromatic heterocycles. The molecule has 5 rings (SSSR count). The summed E-state index contributed by atoms with van der Waals surface area (Å²) in [5.74, 6) is 1.34. The summed E-state index contributed by atoms with van der Waals surface area (Å²) in [5, 5.41) is 10.8. The van der Waals surface area contributed by atoms with Crippen molar-refractivity contribution in [2.24, 2.45) is 5.92 Å². The minimum absolute atomic E-state index is 0.200. The van der Waals surface area contributed by atoms with Crippen LogP contribution in [0.25, 0.3) is 15.9 Å². The second kappa shape index (κ2) is 7.05. The van der Waals surface area contributed by atoms with Gasteiger partial charge in [0.05, 0.1) is 11.1 Å². The minimum atomic E-state index is 0.200. The zero-order valence-corrected chi connectivity index (χ0v) is 17.1. The number of hydrogen-bond acceptors (Lipinski definition) is 6. The maximum atomic E-state index is 12.5. The van der Waals surface area contributed by atoms with Gasteiger partial charge in [0.1, 0.15) is 11.2 Å². The highest BCUT2D eigenvalue weighted by Gasteiger charge is 2.23. The summed E-state index contributed by atoms with van der Waals surface area (Å²) in [6.07, 6.45) is 8.79. The van der Waals surface area contributed by atoms with E-state index in [2.05, 4.69) is 22.1 Å². The number of carbonyl (C=O) groups is 1. The Labute approximate surface area is 166 Å². The van der Waals surface area contributed by atoms with Crippen molar-refractivity contribution in [2.45, 2.75) is 50.6 Å². The normalized spacial score (nSPS) is 18.3. The van der Waals surface area contributed by atoms with Gasteiger partial charge in [0, 0.05) is 18.0 Å². The van der Waals surface area contributed by atoms with Gasteiger partial charge in [-0.25, -0.2) is 4.98 Å². The van der Waals surface area contributed by atoms with Crippen LogP contribution in [0, 0.1) is 5.92 Å². The molecule has 27 heavy (non-hydrogen) atoms. The molecule has 1 fully saturated rings. The van der Waals surface area contributed by atoms with Gasteiger partial charge in [0.2, 0.25) is 5.91 Å². The first-order chi connectivity index (χ1) is 13.2. The maximum absolute atomic E-state index is 12.5. The van der Waals surface area contributed by atoms with Gasteiger partial charge in [-0.05, 0) is 50.0 Å². The van der Waals surface area contributed by atoms with Gasteiger partial charge in [0.25, 0.3) is 0 Å². The monoisotopic (exact) mass is 401 g/mol. The van der Waals surface area contributed by atoms with Crippen molar-refractivity contribution in [2.75, 3.05) is 18.8 Å². The highest BCUT2D eigenvalue weighted by atomic mass is 32.2. The van der Waals surface area contributed by atoms with E-state index in [4.69, 9.17) is 0 Å². The number of rotatable bonds is 3. The molecule has 0 radical (unpaired) electrons. The quantitative estimate of drug-likeness (QED) is 0.628. The fourth-order valence-electron chi connectivity index (χ4n) is 4.11. The van der Waals surface area contributed by atoms with E-state index in [1.165, 1.54) is 40.4 Å². The Kier molecular flexibility index (Phi) is 4.55. The van der Waals surface area contributed by atoms with E-state index in [0.717, 1.165) is 60.3 Å². The lowest BCUT2D eigenvalue weighted by Crippen LogP contribution is -2.38. The molecular weight excluding hydrogens is 378 g/mol. The van der Waals surface area contributed by atoms with Crippen molar-refractivity contribution in [3.8, 4) is 0 Å². The molecule has 0 spiro atoms. The fraction of sp³-hybridized carbons (Fsp3) is 0.579. The lowest BCUT2D eigenvalue weighted by molar-refractivity contribution is -0.129. The van der Waals surface area contributed by atoms with E-state index in [-0.39, 0.29) is 5.91 Å². The van der Waals surface area contributed by atoms with Crippen molar-refractivity contribution in [3.05, 3.63) is 16.8 Å². The molecule has 0 aromatic carbocycles. The Hall–Kier alpha value is -1.67. The third-order valence-electron chi connectivity index (χ3n) is 5.79. The van der Waals surface area contributed by atoms with Gasteiger partial charge in [0.15, 0.2) is 10.8 Å². The summed E-state index contributed by atoms with van der Waals surface area (Å²) in [6, 6.07) is 0. The number of fused-ring (bicyclic) bond motifs is 5. The second-order valence-corrected chi connectivity index (χ2v) is 9.69. The topological polar surface area (TPSA) is 63.4 Å². The number of hydrogen-bond donors (Lipinski definition) is 0. The summed E-state index contributed by atoms with van der Waals surface area (Å²) < 4.78 is 1.96. The van der Waals surface area contributed by atoms with E-state index in [9.17, 15) is 4.79 Å². The van der Waals surface area contributed by atoms with Crippen LogP contribution in [-0.4, -0.2) is 49.2 Å². The molecule has 1 amide bonds. The molecule has 142 valence electrons. The lowest BCUT2D eigenvalue weighted by atomic mass is 9.97. The van der Waals surface area contributed by atoms with Crippen molar-refractivity contribution in [3.63, 3.8) is 0 Å². The molecule has 8 heteroatoms. The van der Waals surface area contributed by atoms with Crippen LogP contribution in [0.4, 0.5) is 0 Å². The third kappa shape index (κ3) is 3.12. The average molecular weight is 402 g/mol. The van der Waals surface area contributed by atoms with Gasteiger partial charge in [-0.15, -0.1) is 21.5 Å². The number of aryl methyl sites for hydroxylation is 2. The van der Waals surface area contributed by atoms with E-state index in [1.807, 2.05) is 15.6 Å². The minimum Gasteiger partial charge on any atom is -0.342 e. The first-order valence-corrected chi connectivity index (χ1v) is 11.6. The summed E-state index contributed by atoms with van der Waals surface area (Å²) in [6.45, 7) is 4.02. The molecule has 0 unspecified atom stereocenters. The smallest absolute Gasteiger partial charge is 0.233 e. The summed E-state index contributed by atoms with van der Waals surface area (Å²) in [5.41, 5.74) is 2.31. The third-order valence-corrected chi connectivity index (χ3v) is 7.92. The average Bonchev–Trinajstić information content (AvgIpc) is 3.27. The van der Waals surface area contributed by atoms with E-state index in [0.29, 0.717) is 5.75 Å². The van der Waals surface area contributed by atoms with Gasteiger partial charge >= 0.3 is 0 Å². The zero-order valence-electron chi connectivity index (χ0n) is 15.5. The predicted molar refractivity (Wildman–Crippen MR) is 109 cm³/mol. The van der Waals surface area contributed by atoms with Crippen molar-refractivity contribution in [1.82, 2.24) is 24.5 Å². The molecule has 3 aromatic rings. The van der Waals surface area contributed by atoms with Crippen LogP contribution in [0.5, 0.6) is 0 Å². The molecule has 1 saturated heterocycles. The molecule has 6 nitrogen and oxygen atoms in total. The van der Waals surface area contributed by atoms with Crippen LogP contribution in [0.15, 0.2) is 11.5 Å². The molecular formula is C19H23N5OS2. The second-order valence-electron chi connectivity index (χ2n) is 7.66. The number of thioether (sulfide) groups is 1. The Morgan fingerprint density at radius 2 is 2.07 bits per heavy atom. The Morgan fingerprint density at radius 3 is 2.93 bits per heavy atom. The first kappa shape index (κ1) is 17.4. The lowest BCUT2D eigenvalue weighted by Gasteiger charge is -2.30. The highest BCUT2D eigenvalue weighted by molar-refractivity contribution is 7.99. The summed E-state index contributed by atoms with van der Waals surface area (Å²) in [4.78, 5) is 21.7. The number of carbonyl (C=O) groups excluding carboxylic acids is 1. The van der Waals surface area contributed by atoms with Gasteiger partial charge in [-0.2, -0.15) is 0 Å². The Bertz CT molecular complexity index is 1000. The van der Waals surface area contributed by atoms with Gasteiger partial charge in [-0.3, -0.25) is 9.20 Å². The Morgan fingerprint density at radius 1 is 1.26 bits per heavy atom. The fourth-order valence-corrected chi connectivity index (χ4v) is 6.14.